The lowest BCUT2D eigenvalue weighted by molar-refractivity contribution is -0.127. The van der Waals surface area contributed by atoms with Gasteiger partial charge in [-0.15, -0.1) is 0 Å². The maximum Gasteiger partial charge on any atom is 0.261 e. The number of rotatable bonds is 6. The van der Waals surface area contributed by atoms with Gasteiger partial charge in [0.2, 0.25) is 11.7 Å². The lowest BCUT2D eigenvalue weighted by Crippen LogP contribution is -2.32. The van der Waals surface area contributed by atoms with Crippen LogP contribution in [0.1, 0.15) is 12.8 Å². The van der Waals surface area contributed by atoms with Crippen LogP contribution < -0.4 is 19.8 Å². The van der Waals surface area contributed by atoms with E-state index in [1.54, 1.807) is 11.0 Å². The topological polar surface area (TPSA) is 82.9 Å². The highest BCUT2D eigenvalue weighted by atomic mass is 16.5. The van der Waals surface area contributed by atoms with Gasteiger partial charge in [0.1, 0.15) is 5.52 Å². The van der Waals surface area contributed by atoms with Crippen LogP contribution in [0.3, 0.4) is 0 Å². The summed E-state index contributed by atoms with van der Waals surface area (Å²) in [6.07, 6.45) is 2.93. The smallest absolute Gasteiger partial charge is 0.261 e. The average molecular weight is 347 g/mol. The van der Waals surface area contributed by atoms with Crippen molar-refractivity contribution in [1.29, 1.82) is 0 Å². The van der Waals surface area contributed by atoms with E-state index in [1.165, 1.54) is 32.2 Å². The molecular weight excluding hydrogens is 326 g/mol. The number of hydrogen-bond acceptors (Lipinski definition) is 6. The average Bonchev–Trinajstić information content (AvgIpc) is 3.04. The standard InChI is InChI=1S/C17H21N3O5/c1-23-12-9-11-14(16(25-3)15(12)24-2)18-10-20(17(11)22)8-7-19-6-4-5-13(19)21/h9-10H,4-8H2,1-3H3. The third kappa shape index (κ3) is 2.99. The molecule has 1 fully saturated rings. The van der Waals surface area contributed by atoms with Gasteiger partial charge in [0.15, 0.2) is 11.5 Å². The van der Waals surface area contributed by atoms with Crippen LogP contribution >= 0.6 is 0 Å². The Hall–Kier alpha value is -2.77. The molecule has 1 aromatic heterocycles. The van der Waals surface area contributed by atoms with Gasteiger partial charge in [-0.3, -0.25) is 14.2 Å². The van der Waals surface area contributed by atoms with Crippen LogP contribution in [-0.4, -0.2) is 54.8 Å². The van der Waals surface area contributed by atoms with E-state index < -0.39 is 0 Å². The Labute approximate surface area is 144 Å². The van der Waals surface area contributed by atoms with Crippen LogP contribution in [0, 0.1) is 0 Å². The van der Waals surface area contributed by atoms with Crippen LogP contribution in [0.25, 0.3) is 10.9 Å². The maximum absolute atomic E-state index is 12.8. The van der Waals surface area contributed by atoms with Crippen LogP contribution in [-0.2, 0) is 11.3 Å². The summed E-state index contributed by atoms with van der Waals surface area (Å²) in [4.78, 5) is 30.7. The number of fused-ring (bicyclic) bond motifs is 1. The minimum Gasteiger partial charge on any atom is -0.493 e. The highest BCUT2D eigenvalue weighted by Gasteiger charge is 2.21. The summed E-state index contributed by atoms with van der Waals surface area (Å²) in [5, 5.41) is 0.379. The molecule has 1 aliphatic rings. The second kappa shape index (κ2) is 7.00. The predicted octanol–water partition coefficient (Wildman–Crippen LogP) is 1.04. The maximum atomic E-state index is 12.8. The first-order chi connectivity index (χ1) is 12.1. The van der Waals surface area contributed by atoms with Crippen LogP contribution in [0.2, 0.25) is 0 Å². The van der Waals surface area contributed by atoms with Gasteiger partial charge >= 0.3 is 0 Å². The van der Waals surface area contributed by atoms with E-state index in [0.29, 0.717) is 47.7 Å². The Morgan fingerprint density at radius 1 is 1.08 bits per heavy atom. The molecule has 8 nitrogen and oxygen atoms in total. The Morgan fingerprint density at radius 2 is 1.84 bits per heavy atom. The highest BCUT2D eigenvalue weighted by Crippen LogP contribution is 2.41. The second-order valence-electron chi connectivity index (χ2n) is 5.77. The van der Waals surface area contributed by atoms with Crippen LogP contribution in [0.4, 0.5) is 0 Å². The summed E-state index contributed by atoms with van der Waals surface area (Å²) < 4.78 is 17.5. The largest absolute Gasteiger partial charge is 0.493 e. The number of methoxy groups -OCH3 is 3. The van der Waals surface area contributed by atoms with Gasteiger partial charge in [-0.1, -0.05) is 0 Å². The van der Waals surface area contributed by atoms with Crippen molar-refractivity contribution in [2.24, 2.45) is 0 Å². The molecule has 0 spiro atoms. The van der Waals surface area contributed by atoms with E-state index in [9.17, 15) is 9.59 Å². The van der Waals surface area contributed by atoms with Crippen molar-refractivity contribution in [3.63, 3.8) is 0 Å². The molecule has 3 rings (SSSR count). The first kappa shape index (κ1) is 17.1. The molecule has 0 radical (unpaired) electrons. The summed E-state index contributed by atoms with van der Waals surface area (Å²) in [5.41, 5.74) is 0.203. The molecule has 0 unspecified atom stereocenters. The minimum absolute atomic E-state index is 0.134. The molecule has 2 heterocycles. The molecule has 0 atom stereocenters. The monoisotopic (exact) mass is 347 g/mol. The van der Waals surface area contributed by atoms with E-state index in [-0.39, 0.29) is 11.5 Å². The van der Waals surface area contributed by atoms with Gasteiger partial charge in [0.05, 0.1) is 33.0 Å². The summed E-state index contributed by atoms with van der Waals surface area (Å²) in [5.74, 6) is 1.29. The van der Waals surface area contributed by atoms with Gasteiger partial charge in [0.25, 0.3) is 5.56 Å². The van der Waals surface area contributed by atoms with Gasteiger partial charge in [-0.05, 0) is 12.5 Å². The van der Waals surface area contributed by atoms with E-state index in [4.69, 9.17) is 14.2 Å². The molecule has 0 aliphatic carbocycles. The fourth-order valence-corrected chi connectivity index (χ4v) is 3.09. The first-order valence-electron chi connectivity index (χ1n) is 8.06. The molecule has 0 saturated carbocycles. The van der Waals surface area contributed by atoms with E-state index >= 15 is 0 Å². The number of ether oxygens (including phenoxy) is 3. The Balaban J connectivity index is 2.01. The Morgan fingerprint density at radius 3 is 2.44 bits per heavy atom. The third-order valence-corrected chi connectivity index (χ3v) is 4.40. The lowest BCUT2D eigenvalue weighted by atomic mass is 10.2. The van der Waals surface area contributed by atoms with Crippen molar-refractivity contribution >= 4 is 16.8 Å². The number of carbonyl (C=O) groups excluding carboxylic acids is 1. The van der Waals surface area contributed by atoms with Gasteiger partial charge in [0, 0.05) is 26.1 Å². The fourth-order valence-electron chi connectivity index (χ4n) is 3.09. The third-order valence-electron chi connectivity index (χ3n) is 4.40. The number of hydrogen-bond donors (Lipinski definition) is 0. The van der Waals surface area contributed by atoms with Gasteiger partial charge in [-0.25, -0.2) is 4.98 Å². The molecule has 8 heteroatoms. The minimum atomic E-state index is -0.212. The molecule has 0 bridgehead atoms. The van der Waals surface area contributed by atoms with E-state index in [0.717, 1.165) is 13.0 Å². The molecule has 1 aromatic carbocycles. The fraction of sp³-hybridized carbons (Fsp3) is 0.471. The molecule has 1 aliphatic heterocycles. The van der Waals surface area contributed by atoms with Gasteiger partial charge < -0.3 is 19.1 Å². The predicted molar refractivity (Wildman–Crippen MR) is 91.5 cm³/mol. The zero-order valence-corrected chi connectivity index (χ0v) is 14.6. The van der Waals surface area contributed by atoms with E-state index in [2.05, 4.69) is 4.98 Å². The lowest BCUT2D eigenvalue weighted by Gasteiger charge is -2.17. The molecule has 2 aromatic rings. The van der Waals surface area contributed by atoms with E-state index in [1.807, 2.05) is 0 Å². The van der Waals surface area contributed by atoms with Crippen LogP contribution in [0.15, 0.2) is 17.2 Å². The van der Waals surface area contributed by atoms with Crippen molar-refractivity contribution < 1.29 is 19.0 Å². The molecule has 1 saturated heterocycles. The Bertz CT molecular complexity index is 861. The van der Waals surface area contributed by atoms with Crippen molar-refractivity contribution in [2.75, 3.05) is 34.4 Å². The molecule has 0 N–H and O–H groups in total. The molecule has 1 amide bonds. The first-order valence-corrected chi connectivity index (χ1v) is 8.06. The molecular formula is C17H21N3O5. The highest BCUT2D eigenvalue weighted by molar-refractivity contribution is 5.89. The Kier molecular flexibility index (Phi) is 4.78. The summed E-state index contributed by atoms with van der Waals surface area (Å²) in [6.45, 7) is 1.63. The molecule has 134 valence electrons. The summed E-state index contributed by atoms with van der Waals surface area (Å²) in [7, 11) is 4.49. The zero-order valence-electron chi connectivity index (χ0n) is 14.6. The quantitative estimate of drug-likeness (QED) is 0.777. The normalized spacial score (nSPS) is 14.2. The van der Waals surface area contributed by atoms with Crippen molar-refractivity contribution in [2.45, 2.75) is 19.4 Å². The number of benzene rings is 1. The number of nitrogens with zero attached hydrogens (tertiary/aromatic N) is 3. The van der Waals surface area contributed by atoms with Crippen molar-refractivity contribution in [3.8, 4) is 17.2 Å². The number of aromatic nitrogens is 2. The van der Waals surface area contributed by atoms with Crippen molar-refractivity contribution in [1.82, 2.24) is 14.5 Å². The number of carbonyl (C=O) groups is 1. The summed E-state index contributed by atoms with van der Waals surface area (Å²) >= 11 is 0. The van der Waals surface area contributed by atoms with Gasteiger partial charge in [-0.2, -0.15) is 0 Å². The second-order valence-corrected chi connectivity index (χ2v) is 5.77. The number of amides is 1. The van der Waals surface area contributed by atoms with Crippen molar-refractivity contribution in [3.05, 3.63) is 22.7 Å². The summed E-state index contributed by atoms with van der Waals surface area (Å²) in [6, 6.07) is 1.60. The number of likely N-dealkylation sites (tertiary alicyclic amines) is 1. The van der Waals surface area contributed by atoms with Crippen LogP contribution in [0.5, 0.6) is 17.2 Å². The zero-order chi connectivity index (χ0) is 18.0. The SMILES string of the molecule is COc1cc2c(=O)n(CCN3CCCC3=O)cnc2c(OC)c1OC. The molecule has 25 heavy (non-hydrogen) atoms.